The number of nitrogens with zero attached hydrogens (tertiary/aromatic N) is 1. The molecule has 1 N–H and O–H groups in total. The second-order valence-corrected chi connectivity index (χ2v) is 5.89. The molecule has 18 heavy (non-hydrogen) atoms. The van der Waals surface area contributed by atoms with E-state index in [9.17, 15) is 0 Å². The number of benzene rings is 1. The van der Waals surface area contributed by atoms with Crippen molar-refractivity contribution >= 4 is 17.3 Å². The van der Waals surface area contributed by atoms with Gasteiger partial charge in [0.2, 0.25) is 0 Å². The topological polar surface area (TPSA) is 15.3 Å². The van der Waals surface area contributed by atoms with Crippen LogP contribution >= 0.6 is 11.6 Å². The molecule has 0 aliphatic carbocycles. The van der Waals surface area contributed by atoms with Gasteiger partial charge in [-0.15, -0.1) is 0 Å². The van der Waals surface area contributed by atoms with Gasteiger partial charge in [-0.3, -0.25) is 0 Å². The van der Waals surface area contributed by atoms with Gasteiger partial charge in [-0.1, -0.05) is 31.5 Å². The van der Waals surface area contributed by atoms with Gasteiger partial charge in [-0.2, -0.15) is 0 Å². The predicted molar refractivity (Wildman–Crippen MR) is 79.4 cm³/mol. The molecule has 0 bridgehead atoms. The molecular weight excluding hydrogens is 244 g/mol. The quantitative estimate of drug-likeness (QED) is 0.894. The Bertz CT molecular complexity index is 403. The third-order valence-corrected chi connectivity index (χ3v) is 4.03. The Hall–Kier alpha value is -0.730. The number of rotatable bonds is 4. The Morgan fingerprint density at radius 3 is 2.89 bits per heavy atom. The summed E-state index contributed by atoms with van der Waals surface area (Å²) in [5.41, 5.74) is 2.66. The molecule has 100 valence electrons. The molecule has 3 heteroatoms. The van der Waals surface area contributed by atoms with E-state index in [1.165, 1.54) is 24.1 Å². The van der Waals surface area contributed by atoms with Crippen LogP contribution in [0, 0.1) is 5.92 Å². The fraction of sp³-hybridized carbons (Fsp3) is 0.600. The first kappa shape index (κ1) is 13.7. The lowest BCUT2D eigenvalue weighted by Gasteiger charge is -2.31. The molecule has 0 saturated carbocycles. The van der Waals surface area contributed by atoms with Gasteiger partial charge in [-0.05, 0) is 43.5 Å². The average Bonchev–Trinajstić information content (AvgIpc) is 2.80. The van der Waals surface area contributed by atoms with Gasteiger partial charge in [0.15, 0.2) is 0 Å². The van der Waals surface area contributed by atoms with Crippen LogP contribution in [0.4, 0.5) is 5.69 Å². The van der Waals surface area contributed by atoms with Gasteiger partial charge < -0.3 is 10.2 Å². The van der Waals surface area contributed by atoms with E-state index >= 15 is 0 Å². The number of anilines is 1. The zero-order valence-electron chi connectivity index (χ0n) is 11.5. The fourth-order valence-corrected chi connectivity index (χ4v) is 3.10. The van der Waals surface area contributed by atoms with E-state index < -0.39 is 0 Å². The maximum Gasteiger partial charge on any atom is 0.0429 e. The van der Waals surface area contributed by atoms with E-state index in [4.69, 9.17) is 11.6 Å². The van der Waals surface area contributed by atoms with Gasteiger partial charge in [0.1, 0.15) is 0 Å². The minimum atomic E-state index is 0.652. The summed E-state index contributed by atoms with van der Waals surface area (Å²) in [5.74, 6) is 0.689. The van der Waals surface area contributed by atoms with E-state index in [0.29, 0.717) is 12.0 Å². The molecule has 1 atom stereocenters. The van der Waals surface area contributed by atoms with Gasteiger partial charge in [0.25, 0.3) is 0 Å². The molecule has 1 aliphatic rings. The van der Waals surface area contributed by atoms with E-state index in [-0.39, 0.29) is 0 Å². The van der Waals surface area contributed by atoms with Crippen molar-refractivity contribution in [2.45, 2.75) is 39.3 Å². The number of hydrogen-bond donors (Lipinski definition) is 1. The maximum atomic E-state index is 6.18. The molecule has 1 saturated heterocycles. The summed E-state index contributed by atoms with van der Waals surface area (Å²) in [6.07, 6.45) is 2.58. The molecule has 1 heterocycles. The third kappa shape index (κ3) is 2.81. The molecular formula is C15H23ClN2. The Morgan fingerprint density at radius 2 is 2.22 bits per heavy atom. The zero-order chi connectivity index (χ0) is 13.1. The summed E-state index contributed by atoms with van der Waals surface area (Å²) in [5, 5.41) is 4.07. The van der Waals surface area contributed by atoms with Gasteiger partial charge in [-0.25, -0.2) is 0 Å². The van der Waals surface area contributed by atoms with Crippen LogP contribution < -0.4 is 10.2 Å². The van der Waals surface area contributed by atoms with Crippen molar-refractivity contribution in [2.75, 3.05) is 18.5 Å². The zero-order valence-corrected chi connectivity index (χ0v) is 12.3. The number of hydrogen-bond acceptors (Lipinski definition) is 2. The predicted octanol–water partition coefficient (Wildman–Crippen LogP) is 3.68. The second-order valence-electron chi connectivity index (χ2n) is 5.45. The minimum absolute atomic E-state index is 0.652. The van der Waals surface area contributed by atoms with Crippen LogP contribution in [0.25, 0.3) is 0 Å². The van der Waals surface area contributed by atoms with Crippen LogP contribution in [0.2, 0.25) is 5.02 Å². The average molecular weight is 267 g/mol. The van der Waals surface area contributed by atoms with Crippen LogP contribution in [-0.2, 0) is 6.54 Å². The number of nitrogens with one attached hydrogen (secondary N) is 1. The highest BCUT2D eigenvalue weighted by atomic mass is 35.5. The van der Waals surface area contributed by atoms with E-state index in [0.717, 1.165) is 18.1 Å². The molecule has 1 unspecified atom stereocenters. The number of halogens is 1. The molecule has 0 aromatic heterocycles. The third-order valence-electron chi connectivity index (χ3n) is 3.79. The van der Waals surface area contributed by atoms with Crippen LogP contribution in [-0.4, -0.2) is 19.6 Å². The Kier molecular flexibility index (Phi) is 4.52. The summed E-state index contributed by atoms with van der Waals surface area (Å²) in [6, 6.07) is 6.90. The molecule has 2 rings (SSSR count). The fourth-order valence-electron chi connectivity index (χ4n) is 2.93. The van der Waals surface area contributed by atoms with Crippen molar-refractivity contribution in [3.63, 3.8) is 0 Å². The molecule has 0 radical (unpaired) electrons. The van der Waals surface area contributed by atoms with Crippen molar-refractivity contribution < 1.29 is 0 Å². The summed E-state index contributed by atoms with van der Waals surface area (Å²) in [7, 11) is 1.99. The van der Waals surface area contributed by atoms with Crippen LogP contribution in [0.5, 0.6) is 0 Å². The first-order valence-electron chi connectivity index (χ1n) is 6.83. The lowest BCUT2D eigenvalue weighted by Crippen LogP contribution is -2.34. The molecule has 1 fully saturated rings. The SMILES string of the molecule is CNCc1ccc(Cl)cc1N1CCCC1C(C)C. The summed E-state index contributed by atoms with van der Waals surface area (Å²) in [4.78, 5) is 2.54. The standard InChI is InChI=1S/C15H23ClN2/c1-11(2)14-5-4-8-18(14)15-9-13(16)7-6-12(15)10-17-3/h6-7,9,11,14,17H,4-5,8,10H2,1-3H3. The van der Waals surface area contributed by atoms with E-state index in [1.807, 2.05) is 13.1 Å². The largest absolute Gasteiger partial charge is 0.368 e. The van der Waals surface area contributed by atoms with Crippen LogP contribution in [0.1, 0.15) is 32.3 Å². The summed E-state index contributed by atoms with van der Waals surface area (Å²) in [6.45, 7) is 6.67. The summed E-state index contributed by atoms with van der Waals surface area (Å²) < 4.78 is 0. The van der Waals surface area contributed by atoms with Crippen molar-refractivity contribution in [3.05, 3.63) is 28.8 Å². The van der Waals surface area contributed by atoms with E-state index in [1.54, 1.807) is 0 Å². The molecule has 1 aliphatic heterocycles. The van der Waals surface area contributed by atoms with Crippen molar-refractivity contribution in [1.82, 2.24) is 5.32 Å². The van der Waals surface area contributed by atoms with Crippen LogP contribution in [0.3, 0.4) is 0 Å². The lowest BCUT2D eigenvalue weighted by molar-refractivity contribution is 0.491. The van der Waals surface area contributed by atoms with Gasteiger partial charge in [0.05, 0.1) is 0 Å². The van der Waals surface area contributed by atoms with E-state index in [2.05, 4.69) is 36.2 Å². The first-order valence-corrected chi connectivity index (χ1v) is 7.21. The maximum absolute atomic E-state index is 6.18. The Labute approximate surface area is 115 Å². The van der Waals surface area contributed by atoms with Crippen LogP contribution in [0.15, 0.2) is 18.2 Å². The minimum Gasteiger partial charge on any atom is -0.368 e. The van der Waals surface area contributed by atoms with Crippen molar-refractivity contribution in [1.29, 1.82) is 0 Å². The highest BCUT2D eigenvalue weighted by Crippen LogP contribution is 2.33. The van der Waals surface area contributed by atoms with Gasteiger partial charge in [0, 0.05) is 29.8 Å². The van der Waals surface area contributed by atoms with Gasteiger partial charge >= 0.3 is 0 Å². The highest BCUT2D eigenvalue weighted by Gasteiger charge is 2.28. The monoisotopic (exact) mass is 266 g/mol. The lowest BCUT2D eigenvalue weighted by atomic mass is 10.0. The Balaban J connectivity index is 2.33. The normalized spacial score (nSPS) is 19.8. The first-order chi connectivity index (χ1) is 8.63. The highest BCUT2D eigenvalue weighted by molar-refractivity contribution is 6.30. The van der Waals surface area contributed by atoms with Crippen molar-refractivity contribution in [3.8, 4) is 0 Å². The summed E-state index contributed by atoms with van der Waals surface area (Å²) >= 11 is 6.18. The molecule has 1 aromatic carbocycles. The molecule has 2 nitrogen and oxygen atoms in total. The van der Waals surface area contributed by atoms with Crippen molar-refractivity contribution in [2.24, 2.45) is 5.92 Å². The molecule has 0 amide bonds. The molecule has 0 spiro atoms. The Morgan fingerprint density at radius 1 is 1.44 bits per heavy atom. The molecule has 1 aromatic rings. The smallest absolute Gasteiger partial charge is 0.0429 e. The second kappa shape index (κ2) is 5.94.